The molecule has 0 aromatic heterocycles. The molecule has 2 aromatic carbocycles. The van der Waals surface area contributed by atoms with Gasteiger partial charge in [-0.1, -0.05) is 45.0 Å². The summed E-state index contributed by atoms with van der Waals surface area (Å²) in [4.78, 5) is 12.5. The van der Waals surface area contributed by atoms with Gasteiger partial charge in [-0.15, -0.1) is 0 Å². The summed E-state index contributed by atoms with van der Waals surface area (Å²) < 4.78 is 6.80. The zero-order valence-corrected chi connectivity index (χ0v) is 16.4. The predicted octanol–water partition coefficient (Wildman–Crippen LogP) is 5.46. The number of hydrogen-bond acceptors (Lipinski definition) is 2. The van der Waals surface area contributed by atoms with Gasteiger partial charge in [0.25, 0.3) is 5.91 Å². The molecule has 3 nitrogen and oxygen atoms in total. The van der Waals surface area contributed by atoms with Gasteiger partial charge in [0.05, 0.1) is 5.69 Å². The third kappa shape index (κ3) is 4.60. The molecule has 0 heterocycles. The lowest BCUT2D eigenvalue weighted by molar-refractivity contribution is -0.122. The molecule has 2 aromatic rings. The van der Waals surface area contributed by atoms with E-state index in [0.717, 1.165) is 27.0 Å². The molecule has 0 fully saturated rings. The van der Waals surface area contributed by atoms with E-state index >= 15 is 0 Å². The van der Waals surface area contributed by atoms with Crippen molar-refractivity contribution in [1.82, 2.24) is 0 Å². The topological polar surface area (TPSA) is 38.3 Å². The zero-order chi connectivity index (χ0) is 17.9. The highest BCUT2D eigenvalue weighted by Gasteiger charge is 2.22. The van der Waals surface area contributed by atoms with Crippen LogP contribution in [-0.2, 0) is 10.2 Å². The molecule has 0 aliphatic heterocycles. The van der Waals surface area contributed by atoms with Gasteiger partial charge in [-0.3, -0.25) is 4.79 Å². The van der Waals surface area contributed by atoms with Crippen LogP contribution >= 0.6 is 15.9 Å². The van der Waals surface area contributed by atoms with Crippen LogP contribution in [0.1, 0.15) is 38.8 Å². The minimum Gasteiger partial charge on any atom is -0.481 e. The van der Waals surface area contributed by atoms with Crippen LogP contribution in [0.3, 0.4) is 0 Å². The van der Waals surface area contributed by atoms with Crippen molar-refractivity contribution in [2.24, 2.45) is 0 Å². The summed E-state index contributed by atoms with van der Waals surface area (Å²) in [7, 11) is 0. The third-order valence-corrected chi connectivity index (χ3v) is 4.41. The highest BCUT2D eigenvalue weighted by molar-refractivity contribution is 9.10. The number of rotatable bonds is 4. The third-order valence-electron chi connectivity index (χ3n) is 3.75. The first-order chi connectivity index (χ1) is 11.2. The Bertz CT molecular complexity index is 735. The Labute approximate surface area is 152 Å². The molecule has 4 heteroatoms. The molecule has 0 bridgehead atoms. The van der Waals surface area contributed by atoms with Gasteiger partial charge in [-0.25, -0.2) is 0 Å². The number of ether oxygens (including phenoxy) is 1. The summed E-state index contributed by atoms with van der Waals surface area (Å²) >= 11 is 3.47. The Balaban J connectivity index is 2.13. The molecule has 0 saturated heterocycles. The van der Waals surface area contributed by atoms with E-state index in [0.29, 0.717) is 0 Å². The van der Waals surface area contributed by atoms with Crippen LogP contribution in [0.2, 0.25) is 0 Å². The molecule has 128 valence electrons. The molecule has 0 spiro atoms. The van der Waals surface area contributed by atoms with Crippen LogP contribution in [-0.4, -0.2) is 12.0 Å². The van der Waals surface area contributed by atoms with Crippen molar-refractivity contribution in [3.8, 4) is 5.75 Å². The second-order valence-electron chi connectivity index (χ2n) is 6.98. The largest absolute Gasteiger partial charge is 0.481 e. The van der Waals surface area contributed by atoms with Crippen LogP contribution < -0.4 is 10.1 Å². The molecule has 0 radical (unpaired) electrons. The Hall–Kier alpha value is -1.81. The number of halogens is 1. The standard InChI is InChI=1S/C20H24BrNO2/c1-13-10-11-17(16(21)12-13)22-19(23)14(2)24-18-9-7-6-8-15(18)20(3,4)5/h6-12,14H,1-5H3,(H,22,23). The number of hydrogen-bond donors (Lipinski definition) is 1. The molecular formula is C20H24BrNO2. The van der Waals surface area contributed by atoms with Crippen LogP contribution in [0.15, 0.2) is 46.9 Å². The molecule has 1 N–H and O–H groups in total. The maximum absolute atomic E-state index is 12.5. The van der Waals surface area contributed by atoms with Crippen LogP contribution in [0.25, 0.3) is 0 Å². The van der Waals surface area contributed by atoms with Crippen LogP contribution in [0, 0.1) is 6.92 Å². The van der Waals surface area contributed by atoms with Gasteiger partial charge in [-0.2, -0.15) is 0 Å². The molecule has 0 aliphatic rings. The quantitative estimate of drug-likeness (QED) is 0.753. The summed E-state index contributed by atoms with van der Waals surface area (Å²) in [6.45, 7) is 10.2. The Morgan fingerprint density at radius 1 is 1.17 bits per heavy atom. The van der Waals surface area contributed by atoms with E-state index in [1.54, 1.807) is 6.92 Å². The van der Waals surface area contributed by atoms with E-state index < -0.39 is 6.10 Å². The van der Waals surface area contributed by atoms with Gasteiger partial charge >= 0.3 is 0 Å². The van der Waals surface area contributed by atoms with E-state index in [1.807, 2.05) is 49.4 Å². The second kappa shape index (κ2) is 7.39. The molecule has 1 amide bonds. The van der Waals surface area contributed by atoms with Crippen LogP contribution in [0.5, 0.6) is 5.75 Å². The monoisotopic (exact) mass is 389 g/mol. The zero-order valence-electron chi connectivity index (χ0n) is 14.8. The molecule has 1 atom stereocenters. The first-order valence-corrected chi connectivity index (χ1v) is 8.81. The predicted molar refractivity (Wildman–Crippen MR) is 103 cm³/mol. The van der Waals surface area contributed by atoms with Crippen LogP contribution in [0.4, 0.5) is 5.69 Å². The van der Waals surface area contributed by atoms with Crippen molar-refractivity contribution in [1.29, 1.82) is 0 Å². The first-order valence-electron chi connectivity index (χ1n) is 8.01. The van der Waals surface area contributed by atoms with Gasteiger partial charge in [-0.05, 0) is 64.5 Å². The average Bonchev–Trinajstić information content (AvgIpc) is 2.49. The number of benzene rings is 2. The summed E-state index contributed by atoms with van der Waals surface area (Å²) in [5, 5.41) is 2.90. The molecule has 0 saturated carbocycles. The first kappa shape index (κ1) is 18.5. The highest BCUT2D eigenvalue weighted by atomic mass is 79.9. The fourth-order valence-corrected chi connectivity index (χ4v) is 2.98. The summed E-state index contributed by atoms with van der Waals surface area (Å²) in [6, 6.07) is 13.7. The van der Waals surface area contributed by atoms with E-state index in [9.17, 15) is 4.79 Å². The number of para-hydroxylation sites is 1. The Morgan fingerprint density at radius 2 is 1.83 bits per heavy atom. The number of nitrogens with one attached hydrogen (secondary N) is 1. The molecule has 0 aliphatic carbocycles. The van der Waals surface area contributed by atoms with Crippen molar-refractivity contribution in [2.75, 3.05) is 5.32 Å². The van der Waals surface area contributed by atoms with Gasteiger partial charge in [0, 0.05) is 4.47 Å². The van der Waals surface area contributed by atoms with Gasteiger partial charge in [0.15, 0.2) is 6.10 Å². The van der Waals surface area contributed by atoms with E-state index in [1.165, 1.54) is 0 Å². The van der Waals surface area contributed by atoms with Gasteiger partial charge in [0.2, 0.25) is 0 Å². The smallest absolute Gasteiger partial charge is 0.265 e. The Morgan fingerprint density at radius 3 is 2.46 bits per heavy atom. The fourth-order valence-electron chi connectivity index (χ4n) is 2.39. The summed E-state index contributed by atoms with van der Waals surface area (Å²) in [5.41, 5.74) is 2.90. The second-order valence-corrected chi connectivity index (χ2v) is 7.83. The Kier molecular flexibility index (Phi) is 5.70. The molecule has 2 rings (SSSR count). The van der Waals surface area contributed by atoms with E-state index in [4.69, 9.17) is 4.74 Å². The minimum absolute atomic E-state index is 0.0488. The summed E-state index contributed by atoms with van der Waals surface area (Å²) in [5.74, 6) is 0.568. The lowest BCUT2D eigenvalue weighted by atomic mass is 9.86. The van der Waals surface area contributed by atoms with Crippen molar-refractivity contribution in [3.05, 3.63) is 58.1 Å². The SMILES string of the molecule is Cc1ccc(NC(=O)C(C)Oc2ccccc2C(C)(C)C)c(Br)c1. The van der Waals surface area contributed by atoms with E-state index in [2.05, 4.69) is 42.0 Å². The van der Waals surface area contributed by atoms with Gasteiger partial charge in [0.1, 0.15) is 5.75 Å². The number of aryl methyl sites for hydroxylation is 1. The lowest BCUT2D eigenvalue weighted by Gasteiger charge is -2.24. The molecule has 24 heavy (non-hydrogen) atoms. The maximum atomic E-state index is 12.5. The lowest BCUT2D eigenvalue weighted by Crippen LogP contribution is -2.31. The van der Waals surface area contributed by atoms with Crippen molar-refractivity contribution < 1.29 is 9.53 Å². The number of carbonyl (C=O) groups excluding carboxylic acids is 1. The normalized spacial score (nSPS) is 12.6. The number of anilines is 1. The maximum Gasteiger partial charge on any atom is 0.265 e. The van der Waals surface area contributed by atoms with Crippen molar-refractivity contribution >= 4 is 27.5 Å². The number of carbonyl (C=O) groups is 1. The minimum atomic E-state index is -0.596. The van der Waals surface area contributed by atoms with E-state index in [-0.39, 0.29) is 11.3 Å². The molecule has 1 unspecified atom stereocenters. The highest BCUT2D eigenvalue weighted by Crippen LogP contribution is 2.31. The number of amides is 1. The van der Waals surface area contributed by atoms with Crippen molar-refractivity contribution in [3.63, 3.8) is 0 Å². The summed E-state index contributed by atoms with van der Waals surface area (Å²) in [6.07, 6.45) is -0.596. The average molecular weight is 390 g/mol. The fraction of sp³-hybridized carbons (Fsp3) is 0.350. The van der Waals surface area contributed by atoms with Gasteiger partial charge < -0.3 is 10.1 Å². The molecular weight excluding hydrogens is 366 g/mol. The van der Waals surface area contributed by atoms with Crippen molar-refractivity contribution in [2.45, 2.75) is 46.1 Å².